The number of methoxy groups -OCH3 is 1. The summed E-state index contributed by atoms with van der Waals surface area (Å²) in [5.74, 6) is 1.91. The van der Waals surface area contributed by atoms with E-state index in [-0.39, 0.29) is 5.41 Å². The van der Waals surface area contributed by atoms with E-state index in [0.717, 1.165) is 11.5 Å². The van der Waals surface area contributed by atoms with Crippen molar-refractivity contribution in [1.82, 2.24) is 0 Å². The Morgan fingerprint density at radius 3 is 2.00 bits per heavy atom. The highest BCUT2D eigenvalue weighted by Gasteiger charge is 2.44. The monoisotopic (exact) mass is 442 g/mol. The number of rotatable bonds is 6. The summed E-state index contributed by atoms with van der Waals surface area (Å²) in [5, 5.41) is 1.31. The van der Waals surface area contributed by atoms with E-state index in [1.54, 1.807) is 7.11 Å². The molecule has 0 saturated heterocycles. The van der Waals surface area contributed by atoms with Crippen molar-refractivity contribution in [3.63, 3.8) is 0 Å². The molecule has 0 aliphatic heterocycles. The largest absolute Gasteiger partial charge is 0.497 e. The molecule has 0 spiro atoms. The molecule has 0 saturated carbocycles. The van der Waals surface area contributed by atoms with Crippen LogP contribution in [-0.4, -0.2) is 21.8 Å². The molecular weight excluding hydrogens is 408 g/mol. The van der Waals surface area contributed by atoms with Crippen molar-refractivity contribution in [2.24, 2.45) is 0 Å². The summed E-state index contributed by atoms with van der Waals surface area (Å²) in [5.41, 5.74) is 7.05. The summed E-state index contributed by atoms with van der Waals surface area (Å²) in [7, 11) is -0.386. The maximum atomic E-state index is 6.43. The molecule has 0 amide bonds. The molecule has 3 aromatic rings. The summed E-state index contributed by atoms with van der Waals surface area (Å²) >= 11 is 0. The van der Waals surface area contributed by atoms with E-state index in [1.165, 1.54) is 33.0 Å². The molecule has 0 atom stereocenters. The highest BCUT2D eigenvalue weighted by atomic mass is 28.3. The van der Waals surface area contributed by atoms with E-state index in [0.29, 0.717) is 12.1 Å². The molecule has 166 valence electrons. The second-order valence-electron chi connectivity index (χ2n) is 10.2. The van der Waals surface area contributed by atoms with Crippen molar-refractivity contribution in [2.45, 2.75) is 44.8 Å². The highest BCUT2D eigenvalue weighted by Crippen LogP contribution is 2.49. The fourth-order valence-corrected chi connectivity index (χ4v) is 8.82. The van der Waals surface area contributed by atoms with Crippen LogP contribution in [-0.2, 0) is 5.41 Å². The van der Waals surface area contributed by atoms with Gasteiger partial charge in [0.15, 0.2) is 0 Å². The molecule has 2 nitrogen and oxygen atoms in total. The van der Waals surface area contributed by atoms with Gasteiger partial charge in [0.05, 0.1) is 15.2 Å². The van der Waals surface area contributed by atoms with Gasteiger partial charge in [-0.3, -0.25) is 0 Å². The van der Waals surface area contributed by atoms with Crippen molar-refractivity contribution in [3.05, 3.63) is 90.0 Å². The van der Waals surface area contributed by atoms with Crippen molar-refractivity contribution < 1.29 is 9.47 Å². The summed E-state index contributed by atoms with van der Waals surface area (Å²) in [6.07, 6.45) is 1.83. The minimum Gasteiger partial charge on any atom is -0.497 e. The van der Waals surface area contributed by atoms with Gasteiger partial charge in [0.2, 0.25) is 0 Å². The Bertz CT molecular complexity index is 1110. The van der Waals surface area contributed by atoms with Gasteiger partial charge < -0.3 is 9.47 Å². The molecule has 4 rings (SSSR count). The molecular formula is C29H34O2Si. The first-order valence-electron chi connectivity index (χ1n) is 11.3. The van der Waals surface area contributed by atoms with E-state index in [4.69, 9.17) is 9.47 Å². The van der Waals surface area contributed by atoms with Crippen LogP contribution in [0.4, 0.5) is 0 Å². The molecule has 0 N–H and O–H groups in total. The van der Waals surface area contributed by atoms with E-state index >= 15 is 0 Å². The Hall–Kier alpha value is -2.78. The lowest BCUT2D eigenvalue weighted by molar-refractivity contribution is 0.351. The minimum absolute atomic E-state index is 0.0736. The van der Waals surface area contributed by atoms with Crippen LogP contribution in [0, 0.1) is 0 Å². The van der Waals surface area contributed by atoms with Crippen LogP contribution in [0.2, 0.25) is 13.1 Å². The lowest BCUT2D eigenvalue weighted by atomic mass is 9.86. The molecule has 0 aromatic heterocycles. The van der Waals surface area contributed by atoms with Gasteiger partial charge in [-0.15, -0.1) is 0 Å². The van der Waals surface area contributed by atoms with Crippen LogP contribution in [0.3, 0.4) is 0 Å². The Morgan fingerprint density at radius 2 is 1.50 bits per heavy atom. The van der Waals surface area contributed by atoms with Crippen molar-refractivity contribution in [2.75, 3.05) is 13.7 Å². The average Bonchev–Trinajstić information content (AvgIpc) is 3.11. The van der Waals surface area contributed by atoms with Crippen LogP contribution in [0.5, 0.6) is 11.5 Å². The number of hydrogen-bond acceptors (Lipinski definition) is 2. The zero-order valence-electron chi connectivity index (χ0n) is 20.2. The molecule has 0 fully saturated rings. The van der Waals surface area contributed by atoms with Crippen LogP contribution in [0.15, 0.2) is 73.3 Å². The number of ether oxygens (including phenoxy) is 2. The maximum absolute atomic E-state index is 6.43. The topological polar surface area (TPSA) is 18.5 Å². The zero-order chi connectivity index (χ0) is 23.1. The van der Waals surface area contributed by atoms with E-state index in [9.17, 15) is 0 Å². The fourth-order valence-electron chi connectivity index (χ4n) is 5.14. The highest BCUT2D eigenvalue weighted by molar-refractivity contribution is 6.92. The van der Waals surface area contributed by atoms with Crippen molar-refractivity contribution in [3.8, 4) is 22.6 Å². The zero-order valence-corrected chi connectivity index (χ0v) is 21.2. The normalized spacial score (nSPS) is 13.4. The number of benzene rings is 3. The molecule has 1 aliphatic carbocycles. The van der Waals surface area contributed by atoms with Gasteiger partial charge >= 0.3 is 0 Å². The quantitative estimate of drug-likeness (QED) is 0.308. The third kappa shape index (κ3) is 3.69. The lowest BCUT2D eigenvalue weighted by Crippen LogP contribution is -2.49. The Morgan fingerprint density at radius 1 is 0.938 bits per heavy atom. The maximum Gasteiger partial charge on any atom is 0.123 e. The summed E-state index contributed by atoms with van der Waals surface area (Å²) in [4.78, 5) is 0. The predicted molar refractivity (Wildman–Crippen MR) is 138 cm³/mol. The second kappa shape index (κ2) is 8.29. The summed E-state index contributed by atoms with van der Waals surface area (Å²) in [6.45, 7) is 16.0. The molecule has 32 heavy (non-hydrogen) atoms. The first kappa shape index (κ1) is 22.4. The fraction of sp³-hybridized carbons (Fsp3) is 0.310. The first-order chi connectivity index (χ1) is 15.2. The molecule has 1 aliphatic rings. The summed E-state index contributed by atoms with van der Waals surface area (Å²) < 4.78 is 12.2. The predicted octanol–water partition coefficient (Wildman–Crippen LogP) is 6.82. The number of fused-ring (bicyclic) bond motifs is 3. The average molecular weight is 443 g/mol. The van der Waals surface area contributed by atoms with Gasteiger partial charge in [-0.05, 0) is 45.0 Å². The van der Waals surface area contributed by atoms with Gasteiger partial charge in [-0.1, -0.05) is 95.1 Å². The molecule has 0 bridgehead atoms. The SMILES string of the molecule is C=CCOc1c(C(C)(C)C)cc(OC)cc1[Si](C)(C)C1c2ccccc2-c2ccccc21. The standard InChI is InChI=1S/C29H34O2Si/c1-8-17-31-27-25(29(2,3)4)18-20(30-5)19-26(27)32(6,7)28-23-15-11-9-13-21(23)22-14-10-12-16-24(22)28/h8-16,18-19,28H,1,17H2,2-7H3. The third-order valence-corrected chi connectivity index (χ3v) is 10.5. The van der Waals surface area contributed by atoms with Gasteiger partial charge in [-0.25, -0.2) is 0 Å². The van der Waals surface area contributed by atoms with Crippen LogP contribution in [0.25, 0.3) is 11.1 Å². The molecule has 0 radical (unpaired) electrons. The smallest absolute Gasteiger partial charge is 0.123 e. The van der Waals surface area contributed by atoms with Gasteiger partial charge in [0.1, 0.15) is 18.1 Å². The molecule has 0 heterocycles. The third-order valence-electron chi connectivity index (χ3n) is 6.70. The Balaban J connectivity index is 1.99. The van der Waals surface area contributed by atoms with E-state index in [2.05, 4.69) is 101 Å². The molecule has 3 heteroatoms. The first-order valence-corrected chi connectivity index (χ1v) is 14.4. The summed E-state index contributed by atoms with van der Waals surface area (Å²) in [6, 6.07) is 22.1. The van der Waals surface area contributed by atoms with E-state index in [1.807, 2.05) is 6.08 Å². The lowest BCUT2D eigenvalue weighted by Gasteiger charge is -2.36. The Kier molecular flexibility index (Phi) is 5.81. The van der Waals surface area contributed by atoms with Crippen molar-refractivity contribution in [1.29, 1.82) is 0 Å². The van der Waals surface area contributed by atoms with Crippen molar-refractivity contribution >= 4 is 13.3 Å². The van der Waals surface area contributed by atoms with E-state index < -0.39 is 8.07 Å². The molecule has 3 aromatic carbocycles. The van der Waals surface area contributed by atoms with Crippen LogP contribution in [0.1, 0.15) is 43.0 Å². The van der Waals surface area contributed by atoms with Crippen LogP contribution >= 0.6 is 0 Å². The van der Waals surface area contributed by atoms with Gasteiger partial charge in [0, 0.05) is 11.1 Å². The van der Waals surface area contributed by atoms with Crippen LogP contribution < -0.4 is 14.7 Å². The number of hydrogen-bond donors (Lipinski definition) is 0. The van der Waals surface area contributed by atoms with Gasteiger partial charge in [-0.2, -0.15) is 0 Å². The molecule has 0 unspecified atom stereocenters. The second-order valence-corrected chi connectivity index (χ2v) is 14.8. The van der Waals surface area contributed by atoms with Gasteiger partial charge in [0.25, 0.3) is 0 Å². The Labute approximate surface area is 193 Å². The minimum atomic E-state index is -2.14.